The van der Waals surface area contributed by atoms with Crippen LogP contribution in [0.3, 0.4) is 0 Å². The molecule has 0 radical (unpaired) electrons. The minimum absolute atomic E-state index is 0.360. The molecule has 1 aromatic carbocycles. The molecule has 0 amide bonds. The third kappa shape index (κ3) is 5.73. The van der Waals surface area contributed by atoms with Gasteiger partial charge in [-0.15, -0.1) is 0 Å². The summed E-state index contributed by atoms with van der Waals surface area (Å²) in [5.74, 6) is 1.57. The lowest BCUT2D eigenvalue weighted by Crippen LogP contribution is -2.40. The van der Waals surface area contributed by atoms with Gasteiger partial charge in [0.1, 0.15) is 17.2 Å². The summed E-state index contributed by atoms with van der Waals surface area (Å²) in [4.78, 5) is 11.7. The van der Waals surface area contributed by atoms with E-state index in [1.807, 2.05) is 12.1 Å². The van der Waals surface area contributed by atoms with Gasteiger partial charge in [0, 0.05) is 19.1 Å². The van der Waals surface area contributed by atoms with Crippen molar-refractivity contribution in [3.63, 3.8) is 0 Å². The molecule has 158 valence electrons. The van der Waals surface area contributed by atoms with Crippen LogP contribution in [0.15, 0.2) is 18.7 Å². The van der Waals surface area contributed by atoms with E-state index in [0.29, 0.717) is 5.75 Å². The van der Waals surface area contributed by atoms with Crippen molar-refractivity contribution >= 4 is 28.7 Å². The molecule has 28 heavy (non-hydrogen) atoms. The van der Waals surface area contributed by atoms with Gasteiger partial charge in [0.25, 0.3) is 8.32 Å². The lowest BCUT2D eigenvalue weighted by atomic mass is 10.1. The molecule has 0 aliphatic rings. The maximum absolute atomic E-state index is 11.7. The van der Waals surface area contributed by atoms with Gasteiger partial charge in [-0.3, -0.25) is 4.79 Å². The second-order valence-electron chi connectivity index (χ2n) is 7.32. The average molecular weight is 423 g/mol. The van der Waals surface area contributed by atoms with Crippen molar-refractivity contribution in [2.45, 2.75) is 84.7 Å². The van der Waals surface area contributed by atoms with E-state index in [2.05, 4.69) is 48.1 Å². The zero-order valence-electron chi connectivity index (χ0n) is 18.8. The molecule has 0 spiro atoms. The van der Waals surface area contributed by atoms with E-state index in [1.54, 1.807) is 6.08 Å². The topological polar surface area (TPSA) is 44.8 Å². The number of hydrogen-bond acceptors (Lipinski definition) is 4. The van der Waals surface area contributed by atoms with Crippen molar-refractivity contribution in [3.8, 4) is 17.2 Å². The Morgan fingerprint density at radius 1 is 0.857 bits per heavy atom. The molecule has 0 fully saturated rings. The Labute approximate surface area is 173 Å². The van der Waals surface area contributed by atoms with Gasteiger partial charge < -0.3 is 13.6 Å². The van der Waals surface area contributed by atoms with E-state index in [9.17, 15) is 4.79 Å². The first-order chi connectivity index (χ1) is 13.3. The molecule has 0 saturated heterocycles. The third-order valence-electron chi connectivity index (χ3n) is 6.06. The standard InChI is InChI=1S/C22H38O4Si2/c1-9-20-21(24-18(8)23)16-19(25-27(10-2,11-3)12-4)17-22(20)26-28(13-5,14-6)15-7/h9,16-17H,1,10-15H2,2-8H3. The van der Waals surface area contributed by atoms with Gasteiger partial charge in [0.05, 0.1) is 5.56 Å². The monoisotopic (exact) mass is 422 g/mol. The molecule has 0 heterocycles. The Morgan fingerprint density at radius 2 is 1.29 bits per heavy atom. The third-order valence-corrected chi connectivity index (χ3v) is 15.1. The van der Waals surface area contributed by atoms with Crippen LogP contribution >= 0.6 is 0 Å². The van der Waals surface area contributed by atoms with E-state index in [1.165, 1.54) is 6.92 Å². The molecule has 0 N–H and O–H groups in total. The predicted molar refractivity (Wildman–Crippen MR) is 123 cm³/mol. The van der Waals surface area contributed by atoms with Crippen LogP contribution in [0.25, 0.3) is 6.08 Å². The summed E-state index contributed by atoms with van der Waals surface area (Å²) in [6.45, 7) is 18.5. The molecule has 1 rings (SSSR count). The Balaban J connectivity index is 3.54. The summed E-state index contributed by atoms with van der Waals surface area (Å²) >= 11 is 0. The Bertz CT molecular complexity index is 648. The summed E-state index contributed by atoms with van der Waals surface area (Å²) in [5, 5.41) is 0. The molecule has 0 atom stereocenters. The fourth-order valence-corrected chi connectivity index (χ4v) is 8.70. The maximum Gasteiger partial charge on any atom is 0.308 e. The van der Waals surface area contributed by atoms with E-state index in [0.717, 1.165) is 53.3 Å². The van der Waals surface area contributed by atoms with Crippen molar-refractivity contribution in [3.05, 3.63) is 24.3 Å². The first kappa shape index (κ1) is 24.5. The molecule has 0 unspecified atom stereocenters. The minimum atomic E-state index is -1.91. The van der Waals surface area contributed by atoms with Crippen LogP contribution in [0.2, 0.25) is 36.3 Å². The SMILES string of the molecule is C=Cc1c(OC(C)=O)cc(O[Si](CC)(CC)CC)cc1O[Si](CC)(CC)CC. The zero-order valence-corrected chi connectivity index (χ0v) is 20.8. The van der Waals surface area contributed by atoms with Gasteiger partial charge in [-0.1, -0.05) is 54.2 Å². The lowest BCUT2D eigenvalue weighted by Gasteiger charge is -2.32. The summed E-state index contributed by atoms with van der Waals surface area (Å²) in [6.07, 6.45) is 1.71. The number of hydrogen-bond donors (Lipinski definition) is 0. The van der Waals surface area contributed by atoms with Gasteiger partial charge in [-0.25, -0.2) is 0 Å². The Hall–Kier alpha value is -1.54. The molecule has 1 aromatic rings. The van der Waals surface area contributed by atoms with Crippen molar-refractivity contribution < 1.29 is 18.4 Å². The van der Waals surface area contributed by atoms with Gasteiger partial charge in [-0.2, -0.15) is 0 Å². The Morgan fingerprint density at radius 3 is 1.68 bits per heavy atom. The van der Waals surface area contributed by atoms with Gasteiger partial charge in [-0.05, 0) is 36.3 Å². The second-order valence-corrected chi connectivity index (χ2v) is 16.7. The quantitative estimate of drug-likeness (QED) is 0.206. The van der Waals surface area contributed by atoms with Crippen molar-refractivity contribution in [1.29, 1.82) is 0 Å². The van der Waals surface area contributed by atoms with Crippen LogP contribution in [0.5, 0.6) is 17.2 Å². The average Bonchev–Trinajstić information content (AvgIpc) is 2.70. The van der Waals surface area contributed by atoms with Crippen molar-refractivity contribution in [2.75, 3.05) is 0 Å². The van der Waals surface area contributed by atoms with E-state index in [4.69, 9.17) is 13.6 Å². The van der Waals surface area contributed by atoms with Crippen LogP contribution in [-0.4, -0.2) is 22.6 Å². The number of rotatable bonds is 12. The van der Waals surface area contributed by atoms with Crippen LogP contribution in [0.4, 0.5) is 0 Å². The highest BCUT2D eigenvalue weighted by Crippen LogP contribution is 2.40. The lowest BCUT2D eigenvalue weighted by molar-refractivity contribution is -0.131. The zero-order chi connectivity index (χ0) is 21.4. The fourth-order valence-electron chi connectivity index (χ4n) is 3.58. The number of carbonyl (C=O) groups excluding carboxylic acids is 1. The number of benzene rings is 1. The summed E-state index contributed by atoms with van der Waals surface area (Å²) in [5.41, 5.74) is 0.728. The van der Waals surface area contributed by atoms with Crippen molar-refractivity contribution in [2.24, 2.45) is 0 Å². The first-order valence-corrected chi connectivity index (χ1v) is 15.7. The fraction of sp³-hybridized carbons (Fsp3) is 0.591. The minimum Gasteiger partial charge on any atom is -0.543 e. The molecule has 0 bridgehead atoms. The summed E-state index contributed by atoms with van der Waals surface area (Å²) in [7, 11) is -3.77. The highest BCUT2D eigenvalue weighted by molar-refractivity contribution is 6.74. The highest BCUT2D eigenvalue weighted by atomic mass is 28.4. The predicted octanol–water partition coefficient (Wildman–Crippen LogP) is 7.02. The number of carbonyl (C=O) groups is 1. The number of esters is 1. The molecule has 4 nitrogen and oxygen atoms in total. The van der Waals surface area contributed by atoms with E-state index in [-0.39, 0.29) is 5.97 Å². The first-order valence-electron chi connectivity index (χ1n) is 10.6. The van der Waals surface area contributed by atoms with Gasteiger partial charge in [0.2, 0.25) is 8.32 Å². The maximum atomic E-state index is 11.7. The largest absolute Gasteiger partial charge is 0.543 e. The molecule has 0 aliphatic carbocycles. The van der Waals surface area contributed by atoms with Crippen LogP contribution < -0.4 is 13.6 Å². The summed E-state index contributed by atoms with van der Waals surface area (Å²) < 4.78 is 18.7. The molecular weight excluding hydrogens is 384 g/mol. The van der Waals surface area contributed by atoms with Gasteiger partial charge in [0.15, 0.2) is 0 Å². The smallest absolute Gasteiger partial charge is 0.308 e. The number of ether oxygens (including phenoxy) is 1. The van der Waals surface area contributed by atoms with Crippen molar-refractivity contribution in [1.82, 2.24) is 0 Å². The summed E-state index contributed by atoms with van der Waals surface area (Å²) in [6, 6.07) is 10.0. The normalized spacial score (nSPS) is 11.8. The van der Waals surface area contributed by atoms with E-state index >= 15 is 0 Å². The van der Waals surface area contributed by atoms with Crippen LogP contribution in [-0.2, 0) is 4.79 Å². The molecule has 0 aliphatic heterocycles. The second kappa shape index (κ2) is 10.9. The molecular formula is C22H38O4Si2. The van der Waals surface area contributed by atoms with Gasteiger partial charge >= 0.3 is 5.97 Å². The molecule has 0 saturated carbocycles. The molecule has 0 aromatic heterocycles. The van der Waals surface area contributed by atoms with Crippen LogP contribution in [0, 0.1) is 0 Å². The molecule has 6 heteroatoms. The van der Waals surface area contributed by atoms with Crippen LogP contribution in [0.1, 0.15) is 54.0 Å². The Kier molecular flexibility index (Phi) is 9.50. The highest BCUT2D eigenvalue weighted by Gasteiger charge is 2.34. The van der Waals surface area contributed by atoms with E-state index < -0.39 is 16.6 Å².